The number of nitrogens with zero attached hydrogens (tertiary/aromatic N) is 8. The van der Waals surface area contributed by atoms with E-state index in [0.29, 0.717) is 34.3 Å². The Kier molecular flexibility index (Phi) is 7.03. The van der Waals surface area contributed by atoms with Crippen molar-refractivity contribution in [2.45, 2.75) is 0 Å². The average molecular weight is 645 g/mol. The van der Waals surface area contributed by atoms with E-state index in [-0.39, 0.29) is 40.0 Å². The first-order chi connectivity index (χ1) is 23.9. The monoisotopic (exact) mass is 644 g/mol. The zero-order chi connectivity index (χ0) is 33.5. The van der Waals surface area contributed by atoms with Crippen LogP contribution in [0.25, 0.3) is 67.4 Å². The SMILES string of the molecule is Nc1nc(O)c2nc(-c3ccc(Oc4ccc(-c5nc6c(N)nc(O)nc6nc5-c5ccccc5)cc4)cc3)c(-c3ccccc3)nc2n1. The number of hydrogen-bond acceptors (Lipinski definition) is 13. The van der Waals surface area contributed by atoms with Crippen LogP contribution in [-0.2, 0) is 0 Å². The van der Waals surface area contributed by atoms with Crippen molar-refractivity contribution in [1.29, 1.82) is 0 Å². The second-order valence-corrected chi connectivity index (χ2v) is 10.9. The van der Waals surface area contributed by atoms with Gasteiger partial charge in [-0.05, 0) is 48.5 Å². The molecule has 0 aliphatic heterocycles. The zero-order valence-corrected chi connectivity index (χ0v) is 25.4. The van der Waals surface area contributed by atoms with Gasteiger partial charge >= 0.3 is 6.01 Å². The summed E-state index contributed by atoms with van der Waals surface area (Å²) in [4.78, 5) is 34.7. The predicted molar refractivity (Wildman–Crippen MR) is 184 cm³/mol. The standard InChI is InChI=1S/C36H24N10O3/c37-31-29-32(45-36(48)43-31)41-27(19-7-3-1-4-8-19)25(39-29)21-11-15-23(16-12-21)49-24-17-13-22(14-18-24)26-28(20-9-5-2-6-10-20)42-33-30(40-26)34(47)46-35(38)44-33/h1-18H,(H3,37,41,43,45,48)(H3,38,42,44,46,47). The number of rotatable bonds is 6. The molecule has 0 saturated heterocycles. The summed E-state index contributed by atoms with van der Waals surface area (Å²) in [7, 11) is 0. The molecule has 0 bridgehead atoms. The molecule has 0 aliphatic carbocycles. The number of aromatic hydroxyl groups is 2. The topological polar surface area (TPSA) is 205 Å². The van der Waals surface area contributed by atoms with Gasteiger partial charge in [-0.2, -0.15) is 19.9 Å². The van der Waals surface area contributed by atoms with Crippen LogP contribution in [0.5, 0.6) is 23.4 Å². The van der Waals surface area contributed by atoms with Crippen molar-refractivity contribution < 1.29 is 14.9 Å². The summed E-state index contributed by atoms with van der Waals surface area (Å²) in [6, 6.07) is 33.5. The van der Waals surface area contributed by atoms with Crippen molar-refractivity contribution in [3.63, 3.8) is 0 Å². The lowest BCUT2D eigenvalue weighted by atomic mass is 10.0. The molecule has 13 heteroatoms. The van der Waals surface area contributed by atoms with Gasteiger partial charge in [-0.15, -0.1) is 0 Å². The van der Waals surface area contributed by atoms with E-state index in [1.54, 1.807) is 0 Å². The molecule has 6 N–H and O–H groups in total. The highest BCUT2D eigenvalue weighted by molar-refractivity contribution is 5.89. The number of hydrogen-bond donors (Lipinski definition) is 4. The number of benzene rings is 4. The second kappa shape index (κ2) is 11.8. The van der Waals surface area contributed by atoms with Crippen molar-refractivity contribution in [3.05, 3.63) is 109 Å². The largest absolute Gasteiger partial charge is 0.492 e. The van der Waals surface area contributed by atoms with E-state index in [1.807, 2.05) is 109 Å². The van der Waals surface area contributed by atoms with Crippen molar-refractivity contribution in [2.24, 2.45) is 0 Å². The van der Waals surface area contributed by atoms with Crippen LogP contribution in [-0.4, -0.2) is 50.1 Å². The van der Waals surface area contributed by atoms with Gasteiger partial charge in [0.15, 0.2) is 28.1 Å². The van der Waals surface area contributed by atoms with E-state index in [2.05, 4.69) is 19.9 Å². The number of anilines is 2. The molecule has 13 nitrogen and oxygen atoms in total. The first kappa shape index (κ1) is 29.1. The fraction of sp³-hybridized carbons (Fsp3) is 0. The molecule has 0 radical (unpaired) electrons. The van der Waals surface area contributed by atoms with Gasteiger partial charge in [0.25, 0.3) is 0 Å². The third-order valence-corrected chi connectivity index (χ3v) is 7.66. The minimum Gasteiger partial charge on any atom is -0.492 e. The van der Waals surface area contributed by atoms with Gasteiger partial charge in [-0.1, -0.05) is 60.7 Å². The van der Waals surface area contributed by atoms with Gasteiger partial charge in [0.2, 0.25) is 11.8 Å². The first-order valence-corrected chi connectivity index (χ1v) is 15.0. The van der Waals surface area contributed by atoms with Crippen LogP contribution >= 0.6 is 0 Å². The van der Waals surface area contributed by atoms with Gasteiger partial charge < -0.3 is 26.4 Å². The molecule has 4 aromatic heterocycles. The van der Waals surface area contributed by atoms with Crippen LogP contribution in [0.1, 0.15) is 0 Å². The third kappa shape index (κ3) is 5.57. The molecule has 8 aromatic rings. The molecular formula is C36H24N10O3. The summed E-state index contributed by atoms with van der Waals surface area (Å²) >= 11 is 0. The van der Waals surface area contributed by atoms with Crippen molar-refractivity contribution in [1.82, 2.24) is 39.9 Å². The number of ether oxygens (including phenoxy) is 1. The summed E-state index contributed by atoms with van der Waals surface area (Å²) in [6.07, 6.45) is 0. The molecule has 4 aromatic carbocycles. The van der Waals surface area contributed by atoms with E-state index >= 15 is 0 Å². The smallest absolute Gasteiger partial charge is 0.318 e. The maximum absolute atomic E-state index is 10.4. The van der Waals surface area contributed by atoms with Gasteiger partial charge in [0.05, 0.1) is 22.8 Å². The predicted octanol–water partition coefficient (Wildman–Crippen LogP) is 6.19. The average Bonchev–Trinajstić information content (AvgIpc) is 3.12. The number of fused-ring (bicyclic) bond motifs is 2. The molecule has 0 amide bonds. The Morgan fingerprint density at radius 2 is 0.878 bits per heavy atom. The van der Waals surface area contributed by atoms with Crippen molar-refractivity contribution >= 4 is 34.1 Å². The fourth-order valence-electron chi connectivity index (χ4n) is 5.40. The highest BCUT2D eigenvalue weighted by atomic mass is 16.5. The third-order valence-electron chi connectivity index (χ3n) is 7.66. The van der Waals surface area contributed by atoms with E-state index in [1.165, 1.54) is 0 Å². The summed E-state index contributed by atoms with van der Waals surface area (Å²) in [5, 5.41) is 20.3. The minimum atomic E-state index is -0.470. The Hall–Kier alpha value is -7.28. The summed E-state index contributed by atoms with van der Waals surface area (Å²) < 4.78 is 6.18. The van der Waals surface area contributed by atoms with Gasteiger partial charge in [-0.3, -0.25) is 0 Å². The Morgan fingerprint density at radius 1 is 0.429 bits per heavy atom. The first-order valence-electron chi connectivity index (χ1n) is 15.0. The van der Waals surface area contributed by atoms with Gasteiger partial charge in [-0.25, -0.2) is 19.9 Å². The summed E-state index contributed by atoms with van der Waals surface area (Å²) in [5.74, 6) is 0.767. The fourth-order valence-corrected chi connectivity index (χ4v) is 5.40. The van der Waals surface area contributed by atoms with Gasteiger partial charge in [0, 0.05) is 22.3 Å². The zero-order valence-electron chi connectivity index (χ0n) is 25.4. The Bertz CT molecular complexity index is 2320. The number of nitrogens with two attached hydrogens (primary N) is 2. The van der Waals surface area contributed by atoms with E-state index in [4.69, 9.17) is 36.1 Å². The molecular weight excluding hydrogens is 620 g/mol. The van der Waals surface area contributed by atoms with Crippen LogP contribution in [0.15, 0.2) is 109 Å². The van der Waals surface area contributed by atoms with E-state index < -0.39 is 6.01 Å². The maximum atomic E-state index is 10.4. The molecule has 49 heavy (non-hydrogen) atoms. The lowest BCUT2D eigenvalue weighted by Gasteiger charge is -2.13. The summed E-state index contributed by atoms with van der Waals surface area (Å²) in [6.45, 7) is 0. The van der Waals surface area contributed by atoms with E-state index in [0.717, 1.165) is 22.3 Å². The van der Waals surface area contributed by atoms with Crippen molar-refractivity contribution in [3.8, 4) is 68.4 Å². The molecule has 0 fully saturated rings. The number of nitrogen functional groups attached to an aromatic ring is 2. The van der Waals surface area contributed by atoms with Crippen LogP contribution < -0.4 is 16.2 Å². The molecule has 0 atom stereocenters. The Labute approximate surface area is 277 Å². The molecule has 236 valence electrons. The quantitative estimate of drug-likeness (QED) is 0.160. The minimum absolute atomic E-state index is 0.0275. The molecule has 0 aliphatic rings. The maximum Gasteiger partial charge on any atom is 0.318 e. The molecule has 0 saturated carbocycles. The summed E-state index contributed by atoms with van der Waals surface area (Å²) in [5.41, 5.74) is 18.0. The lowest BCUT2D eigenvalue weighted by Crippen LogP contribution is -2.02. The molecule has 8 rings (SSSR count). The van der Waals surface area contributed by atoms with Crippen LogP contribution in [0.3, 0.4) is 0 Å². The van der Waals surface area contributed by atoms with Crippen molar-refractivity contribution in [2.75, 3.05) is 11.5 Å². The van der Waals surface area contributed by atoms with E-state index in [9.17, 15) is 10.2 Å². The highest BCUT2D eigenvalue weighted by Crippen LogP contribution is 2.36. The van der Waals surface area contributed by atoms with Crippen LogP contribution in [0.4, 0.5) is 11.8 Å². The normalized spacial score (nSPS) is 11.2. The molecule has 0 unspecified atom stereocenters. The Morgan fingerprint density at radius 3 is 1.41 bits per heavy atom. The van der Waals surface area contributed by atoms with Crippen LogP contribution in [0, 0.1) is 0 Å². The lowest BCUT2D eigenvalue weighted by molar-refractivity contribution is 0.433. The van der Waals surface area contributed by atoms with Gasteiger partial charge in [0.1, 0.15) is 11.5 Å². The second-order valence-electron chi connectivity index (χ2n) is 10.9. The molecule has 0 spiro atoms. The highest BCUT2D eigenvalue weighted by Gasteiger charge is 2.19. The molecule has 4 heterocycles. The van der Waals surface area contributed by atoms with Crippen LogP contribution in [0.2, 0.25) is 0 Å². The number of aromatic nitrogens is 8. The Balaban J connectivity index is 1.11.